The number of nitrogens with zero attached hydrogens (tertiary/aromatic N) is 3. The summed E-state index contributed by atoms with van der Waals surface area (Å²) < 4.78 is 4.33. The molecule has 1 N–H and O–H groups in total. The predicted octanol–water partition coefficient (Wildman–Crippen LogP) is 2.45. The quantitative estimate of drug-likeness (QED) is 0.789. The molecule has 0 radical (unpaired) electrons. The van der Waals surface area contributed by atoms with Gasteiger partial charge in [0.1, 0.15) is 0 Å². The van der Waals surface area contributed by atoms with Crippen LogP contribution in [0.4, 0.5) is 0 Å². The van der Waals surface area contributed by atoms with Crippen molar-refractivity contribution >= 4 is 10.9 Å². The first-order chi connectivity index (χ1) is 9.69. The molecule has 0 aliphatic rings. The van der Waals surface area contributed by atoms with Gasteiger partial charge < -0.3 is 9.88 Å². The fraction of sp³-hybridized carbons (Fsp3) is 0.312. The molecular weight excluding hydrogens is 248 g/mol. The molecule has 20 heavy (non-hydrogen) atoms. The smallest absolute Gasteiger partial charge is 0.0648 e. The number of fused-ring (bicyclic) bond motifs is 1. The Bertz CT molecular complexity index is 736. The van der Waals surface area contributed by atoms with Gasteiger partial charge in [-0.05, 0) is 37.6 Å². The zero-order chi connectivity index (χ0) is 14.1. The van der Waals surface area contributed by atoms with E-state index in [1.54, 1.807) is 0 Å². The van der Waals surface area contributed by atoms with Crippen molar-refractivity contribution in [1.82, 2.24) is 19.7 Å². The zero-order valence-electron chi connectivity index (χ0n) is 12.2. The first kappa shape index (κ1) is 12.9. The number of aryl methyl sites for hydroxylation is 2. The summed E-state index contributed by atoms with van der Waals surface area (Å²) in [6.07, 6.45) is 0. The van der Waals surface area contributed by atoms with Crippen molar-refractivity contribution in [3.05, 3.63) is 53.5 Å². The van der Waals surface area contributed by atoms with Gasteiger partial charge >= 0.3 is 0 Å². The highest BCUT2D eigenvalue weighted by atomic mass is 15.3. The fourth-order valence-corrected chi connectivity index (χ4v) is 2.76. The first-order valence-electron chi connectivity index (χ1n) is 6.90. The van der Waals surface area contributed by atoms with Gasteiger partial charge in [-0.1, -0.05) is 18.2 Å². The highest BCUT2D eigenvalue weighted by molar-refractivity contribution is 5.81. The summed E-state index contributed by atoms with van der Waals surface area (Å²) in [5.74, 6) is 0. The second-order valence-electron chi connectivity index (χ2n) is 5.21. The van der Waals surface area contributed by atoms with E-state index in [0.717, 1.165) is 18.8 Å². The van der Waals surface area contributed by atoms with E-state index in [0.29, 0.717) is 0 Å². The van der Waals surface area contributed by atoms with Crippen molar-refractivity contribution in [2.75, 3.05) is 7.05 Å². The maximum atomic E-state index is 4.44. The minimum atomic E-state index is 0.849. The molecule has 0 bridgehead atoms. The lowest BCUT2D eigenvalue weighted by Gasteiger charge is -2.11. The molecule has 0 spiro atoms. The standard InChI is InChI=1S/C16H20N4/c1-12-8-15(19(3)18-12)11-20-14(10-17-2)9-13-6-4-5-7-16(13)20/h4-9,17H,10-11H2,1-3H3. The van der Waals surface area contributed by atoms with E-state index in [4.69, 9.17) is 0 Å². The van der Waals surface area contributed by atoms with Crippen LogP contribution in [-0.2, 0) is 20.1 Å². The second-order valence-corrected chi connectivity index (χ2v) is 5.21. The zero-order valence-corrected chi connectivity index (χ0v) is 12.2. The number of benzene rings is 1. The molecule has 0 saturated carbocycles. The fourth-order valence-electron chi connectivity index (χ4n) is 2.76. The summed E-state index contributed by atoms with van der Waals surface area (Å²) in [5, 5.41) is 8.97. The van der Waals surface area contributed by atoms with Crippen molar-refractivity contribution in [3.63, 3.8) is 0 Å². The lowest BCUT2D eigenvalue weighted by molar-refractivity contribution is 0.646. The van der Waals surface area contributed by atoms with Crippen molar-refractivity contribution in [1.29, 1.82) is 0 Å². The van der Waals surface area contributed by atoms with Gasteiger partial charge in [0.15, 0.2) is 0 Å². The molecule has 0 amide bonds. The number of hydrogen-bond donors (Lipinski definition) is 1. The van der Waals surface area contributed by atoms with Crippen LogP contribution in [0.2, 0.25) is 0 Å². The van der Waals surface area contributed by atoms with Crippen LogP contribution in [0.5, 0.6) is 0 Å². The maximum Gasteiger partial charge on any atom is 0.0648 e. The Labute approximate surface area is 119 Å². The predicted molar refractivity (Wildman–Crippen MR) is 81.7 cm³/mol. The number of nitrogens with one attached hydrogen (secondary N) is 1. The molecule has 0 aliphatic carbocycles. The van der Waals surface area contributed by atoms with E-state index < -0.39 is 0 Å². The largest absolute Gasteiger partial charge is 0.337 e. The molecule has 2 aromatic heterocycles. The van der Waals surface area contributed by atoms with Crippen LogP contribution in [0.25, 0.3) is 10.9 Å². The van der Waals surface area contributed by atoms with Gasteiger partial charge in [0, 0.05) is 24.8 Å². The van der Waals surface area contributed by atoms with Gasteiger partial charge in [-0.25, -0.2) is 0 Å². The molecule has 4 nitrogen and oxygen atoms in total. The summed E-state index contributed by atoms with van der Waals surface area (Å²) in [4.78, 5) is 0. The number of hydrogen-bond acceptors (Lipinski definition) is 2. The van der Waals surface area contributed by atoms with Crippen molar-refractivity contribution in [2.45, 2.75) is 20.0 Å². The van der Waals surface area contributed by atoms with Gasteiger partial charge in [0.05, 0.1) is 17.9 Å². The molecule has 0 atom stereocenters. The average Bonchev–Trinajstić information content (AvgIpc) is 2.92. The van der Waals surface area contributed by atoms with Crippen LogP contribution >= 0.6 is 0 Å². The van der Waals surface area contributed by atoms with E-state index in [1.165, 1.54) is 22.3 Å². The van der Waals surface area contributed by atoms with E-state index in [-0.39, 0.29) is 0 Å². The van der Waals surface area contributed by atoms with Gasteiger partial charge in [-0.15, -0.1) is 0 Å². The van der Waals surface area contributed by atoms with Crippen molar-refractivity contribution in [3.8, 4) is 0 Å². The Hall–Kier alpha value is -2.07. The van der Waals surface area contributed by atoms with Gasteiger partial charge in [-0.2, -0.15) is 5.10 Å². The molecule has 3 aromatic rings. The van der Waals surface area contributed by atoms with Crippen molar-refractivity contribution in [2.24, 2.45) is 7.05 Å². The van der Waals surface area contributed by atoms with Crippen LogP contribution < -0.4 is 5.32 Å². The summed E-state index contributed by atoms with van der Waals surface area (Å²) >= 11 is 0. The Morgan fingerprint density at radius 3 is 2.65 bits per heavy atom. The minimum Gasteiger partial charge on any atom is -0.337 e. The SMILES string of the molecule is CNCc1cc2ccccc2n1Cc1cc(C)nn1C. The molecule has 4 heteroatoms. The topological polar surface area (TPSA) is 34.8 Å². The monoisotopic (exact) mass is 268 g/mol. The Kier molecular flexibility index (Phi) is 3.32. The molecule has 0 saturated heterocycles. The summed E-state index contributed by atoms with van der Waals surface area (Å²) in [5.41, 5.74) is 4.86. The molecule has 3 rings (SSSR count). The summed E-state index contributed by atoms with van der Waals surface area (Å²) in [7, 11) is 3.99. The van der Waals surface area contributed by atoms with E-state index in [9.17, 15) is 0 Å². The highest BCUT2D eigenvalue weighted by Crippen LogP contribution is 2.21. The molecule has 0 aliphatic heterocycles. The third-order valence-corrected chi connectivity index (χ3v) is 3.67. The molecule has 0 unspecified atom stereocenters. The molecule has 2 heterocycles. The molecular formula is C16H20N4. The Morgan fingerprint density at radius 2 is 1.95 bits per heavy atom. The van der Waals surface area contributed by atoms with Crippen LogP contribution in [0.1, 0.15) is 17.1 Å². The van der Waals surface area contributed by atoms with E-state index >= 15 is 0 Å². The van der Waals surface area contributed by atoms with E-state index in [2.05, 4.69) is 51.4 Å². The molecule has 0 fully saturated rings. The lowest BCUT2D eigenvalue weighted by atomic mass is 10.2. The third-order valence-electron chi connectivity index (χ3n) is 3.67. The minimum absolute atomic E-state index is 0.849. The van der Waals surface area contributed by atoms with Gasteiger partial charge in [0.2, 0.25) is 0 Å². The highest BCUT2D eigenvalue weighted by Gasteiger charge is 2.10. The normalized spacial score (nSPS) is 11.3. The maximum absolute atomic E-state index is 4.44. The second kappa shape index (κ2) is 5.13. The van der Waals surface area contributed by atoms with Crippen LogP contribution in [0.15, 0.2) is 36.4 Å². The van der Waals surface area contributed by atoms with Gasteiger partial charge in [-0.3, -0.25) is 4.68 Å². The van der Waals surface area contributed by atoms with Crippen LogP contribution in [0, 0.1) is 6.92 Å². The first-order valence-corrected chi connectivity index (χ1v) is 6.90. The third kappa shape index (κ3) is 2.23. The summed E-state index contributed by atoms with van der Waals surface area (Å²) in [6, 6.07) is 12.9. The average molecular weight is 268 g/mol. The number of rotatable bonds is 4. The van der Waals surface area contributed by atoms with Crippen LogP contribution in [0.3, 0.4) is 0 Å². The molecule has 104 valence electrons. The number of para-hydroxylation sites is 1. The number of aromatic nitrogens is 3. The van der Waals surface area contributed by atoms with Crippen LogP contribution in [-0.4, -0.2) is 21.4 Å². The lowest BCUT2D eigenvalue weighted by Crippen LogP contribution is -2.13. The molecule has 1 aromatic carbocycles. The summed E-state index contributed by atoms with van der Waals surface area (Å²) in [6.45, 7) is 3.75. The Balaban J connectivity index is 2.08. The Morgan fingerprint density at radius 1 is 1.15 bits per heavy atom. The van der Waals surface area contributed by atoms with Gasteiger partial charge in [0.25, 0.3) is 0 Å². The van der Waals surface area contributed by atoms with E-state index in [1.807, 2.05) is 25.7 Å². The van der Waals surface area contributed by atoms with Crippen molar-refractivity contribution < 1.29 is 0 Å².